The van der Waals surface area contributed by atoms with Gasteiger partial charge in [-0.2, -0.15) is 0 Å². The summed E-state index contributed by atoms with van der Waals surface area (Å²) in [5.74, 6) is -0.299. The van der Waals surface area contributed by atoms with Crippen molar-refractivity contribution in [2.45, 2.75) is 13.5 Å². The average Bonchev–Trinajstić information content (AvgIpc) is 2.97. The molecule has 110 valence electrons. The van der Waals surface area contributed by atoms with Crippen LogP contribution < -0.4 is 5.73 Å². The zero-order valence-corrected chi connectivity index (χ0v) is 12.3. The Morgan fingerprint density at radius 3 is 2.71 bits per heavy atom. The monoisotopic (exact) mass is 305 g/mol. The summed E-state index contributed by atoms with van der Waals surface area (Å²) in [6.07, 6.45) is 0. The van der Waals surface area contributed by atoms with E-state index >= 15 is 0 Å². The van der Waals surface area contributed by atoms with E-state index in [1.165, 1.54) is 18.2 Å². The van der Waals surface area contributed by atoms with Gasteiger partial charge < -0.3 is 10.6 Å². The smallest absolute Gasteiger partial charge is 0.292 e. The van der Waals surface area contributed by atoms with Crippen LogP contribution >= 0.6 is 11.3 Å². The molecule has 0 aliphatic carbocycles. The van der Waals surface area contributed by atoms with Gasteiger partial charge >= 0.3 is 0 Å². The van der Waals surface area contributed by atoms with E-state index in [0.29, 0.717) is 13.1 Å². The van der Waals surface area contributed by atoms with E-state index < -0.39 is 4.92 Å². The first-order valence-electron chi connectivity index (χ1n) is 6.39. The van der Waals surface area contributed by atoms with Crippen molar-refractivity contribution in [2.75, 3.05) is 12.3 Å². The molecule has 0 aliphatic rings. The highest BCUT2D eigenvalue weighted by atomic mass is 32.1. The maximum absolute atomic E-state index is 12.5. The number of hydrogen-bond donors (Lipinski definition) is 1. The molecule has 7 heteroatoms. The minimum atomic E-state index is -0.582. The van der Waals surface area contributed by atoms with Crippen molar-refractivity contribution in [3.8, 4) is 0 Å². The number of nitrogens with zero attached hydrogens (tertiary/aromatic N) is 2. The third-order valence-electron chi connectivity index (χ3n) is 3.11. The van der Waals surface area contributed by atoms with Crippen molar-refractivity contribution >= 4 is 28.6 Å². The minimum absolute atomic E-state index is 0.0860. The number of para-hydroxylation sites is 1. The molecule has 1 aromatic heterocycles. The lowest BCUT2D eigenvalue weighted by molar-refractivity contribution is -0.383. The standard InChI is InChI=1S/C14H15N3O3S/c1-2-16(9-10-5-4-8-21-10)14(18)11-6-3-7-12(13(11)15)17(19)20/h3-8H,2,9,15H2,1H3. The van der Waals surface area contributed by atoms with Crippen molar-refractivity contribution in [3.63, 3.8) is 0 Å². The number of benzene rings is 1. The fourth-order valence-electron chi connectivity index (χ4n) is 1.99. The van der Waals surface area contributed by atoms with E-state index in [9.17, 15) is 14.9 Å². The zero-order chi connectivity index (χ0) is 15.4. The van der Waals surface area contributed by atoms with Crippen LogP contribution in [0, 0.1) is 10.1 Å². The number of nitro groups is 1. The number of carbonyl (C=O) groups is 1. The van der Waals surface area contributed by atoms with Gasteiger partial charge in [-0.25, -0.2) is 0 Å². The summed E-state index contributed by atoms with van der Waals surface area (Å²) in [5, 5.41) is 12.8. The zero-order valence-electron chi connectivity index (χ0n) is 11.5. The first kappa shape index (κ1) is 15.0. The Bertz CT molecular complexity index is 655. The SMILES string of the molecule is CCN(Cc1cccs1)C(=O)c1cccc([N+](=O)[O-])c1N. The lowest BCUT2D eigenvalue weighted by Crippen LogP contribution is -2.30. The van der Waals surface area contributed by atoms with Crippen LogP contribution in [0.15, 0.2) is 35.7 Å². The van der Waals surface area contributed by atoms with Gasteiger partial charge in [0.25, 0.3) is 11.6 Å². The number of thiophene rings is 1. The highest BCUT2D eigenvalue weighted by Gasteiger charge is 2.22. The number of carbonyl (C=O) groups excluding carboxylic acids is 1. The Labute approximate surface area is 126 Å². The molecule has 2 N–H and O–H groups in total. The molecule has 2 rings (SSSR count). The quantitative estimate of drug-likeness (QED) is 0.522. The highest BCUT2D eigenvalue weighted by molar-refractivity contribution is 7.09. The minimum Gasteiger partial charge on any atom is -0.393 e. The molecule has 1 amide bonds. The van der Waals surface area contributed by atoms with Crippen LogP contribution in [0.3, 0.4) is 0 Å². The summed E-state index contributed by atoms with van der Waals surface area (Å²) in [7, 11) is 0. The van der Waals surface area contributed by atoms with E-state index in [1.54, 1.807) is 16.2 Å². The van der Waals surface area contributed by atoms with Gasteiger partial charge in [-0.3, -0.25) is 14.9 Å². The molecule has 1 aromatic carbocycles. The van der Waals surface area contributed by atoms with E-state index in [0.717, 1.165) is 4.88 Å². The Kier molecular flexibility index (Phi) is 4.54. The number of nitrogens with two attached hydrogens (primary N) is 1. The predicted molar refractivity (Wildman–Crippen MR) is 82.2 cm³/mol. The predicted octanol–water partition coefficient (Wildman–Crippen LogP) is 2.90. The molecule has 21 heavy (non-hydrogen) atoms. The van der Waals surface area contributed by atoms with Crippen molar-refractivity contribution < 1.29 is 9.72 Å². The van der Waals surface area contributed by atoms with Gasteiger partial charge in [0.05, 0.1) is 17.0 Å². The summed E-state index contributed by atoms with van der Waals surface area (Å²) < 4.78 is 0. The van der Waals surface area contributed by atoms with Gasteiger partial charge in [0.1, 0.15) is 5.69 Å². The van der Waals surface area contributed by atoms with E-state index in [4.69, 9.17) is 5.73 Å². The van der Waals surface area contributed by atoms with Crippen LogP contribution in [-0.4, -0.2) is 22.3 Å². The molecular weight excluding hydrogens is 290 g/mol. The van der Waals surface area contributed by atoms with E-state index in [-0.39, 0.29) is 22.8 Å². The first-order chi connectivity index (χ1) is 10.0. The second-order valence-corrected chi connectivity index (χ2v) is 5.43. The average molecular weight is 305 g/mol. The molecule has 0 saturated heterocycles. The van der Waals surface area contributed by atoms with Crippen LogP contribution in [0.5, 0.6) is 0 Å². The van der Waals surface area contributed by atoms with Crippen molar-refractivity contribution in [2.24, 2.45) is 0 Å². The van der Waals surface area contributed by atoms with Gasteiger partial charge in [-0.1, -0.05) is 12.1 Å². The molecular formula is C14H15N3O3S. The summed E-state index contributed by atoms with van der Waals surface area (Å²) in [4.78, 5) is 25.5. The Hall–Kier alpha value is -2.41. The Balaban J connectivity index is 2.29. The van der Waals surface area contributed by atoms with Gasteiger partial charge in [0.2, 0.25) is 0 Å². The number of anilines is 1. The maximum atomic E-state index is 12.5. The molecule has 0 bridgehead atoms. The molecule has 0 saturated carbocycles. The van der Waals surface area contributed by atoms with Gasteiger partial charge in [-0.05, 0) is 24.4 Å². The second-order valence-electron chi connectivity index (χ2n) is 4.39. The summed E-state index contributed by atoms with van der Waals surface area (Å²) in [6.45, 7) is 2.83. The van der Waals surface area contributed by atoms with E-state index in [1.807, 2.05) is 24.4 Å². The normalized spacial score (nSPS) is 10.3. The molecule has 0 aliphatic heterocycles. The first-order valence-corrected chi connectivity index (χ1v) is 7.27. The molecule has 6 nitrogen and oxygen atoms in total. The fourth-order valence-corrected chi connectivity index (χ4v) is 2.71. The lowest BCUT2D eigenvalue weighted by atomic mass is 10.1. The van der Waals surface area contributed by atoms with E-state index in [2.05, 4.69) is 0 Å². The number of nitro benzene ring substituents is 1. The number of hydrogen-bond acceptors (Lipinski definition) is 5. The Morgan fingerprint density at radius 2 is 2.14 bits per heavy atom. The Morgan fingerprint density at radius 1 is 1.38 bits per heavy atom. The van der Waals surface area contributed by atoms with Crippen LogP contribution in [0.1, 0.15) is 22.2 Å². The van der Waals surface area contributed by atoms with Crippen LogP contribution in [0.2, 0.25) is 0 Å². The molecule has 0 fully saturated rings. The largest absolute Gasteiger partial charge is 0.393 e. The second kappa shape index (κ2) is 6.36. The molecule has 0 unspecified atom stereocenters. The van der Waals surface area contributed by atoms with Crippen LogP contribution in [0.4, 0.5) is 11.4 Å². The maximum Gasteiger partial charge on any atom is 0.292 e. The third-order valence-corrected chi connectivity index (χ3v) is 3.97. The lowest BCUT2D eigenvalue weighted by Gasteiger charge is -2.20. The van der Waals surface area contributed by atoms with Gasteiger partial charge in [0.15, 0.2) is 0 Å². The highest BCUT2D eigenvalue weighted by Crippen LogP contribution is 2.26. The van der Waals surface area contributed by atoms with Crippen molar-refractivity contribution in [1.82, 2.24) is 4.90 Å². The summed E-state index contributed by atoms with van der Waals surface area (Å²) in [6, 6.07) is 8.14. The van der Waals surface area contributed by atoms with Gasteiger partial charge in [-0.15, -0.1) is 11.3 Å². The van der Waals surface area contributed by atoms with Crippen molar-refractivity contribution in [1.29, 1.82) is 0 Å². The number of rotatable bonds is 5. The number of nitrogen functional groups attached to an aromatic ring is 1. The summed E-state index contributed by atoms with van der Waals surface area (Å²) >= 11 is 1.56. The summed E-state index contributed by atoms with van der Waals surface area (Å²) in [5.41, 5.74) is 5.61. The molecule has 0 spiro atoms. The van der Waals surface area contributed by atoms with Gasteiger partial charge in [0, 0.05) is 17.5 Å². The fraction of sp³-hybridized carbons (Fsp3) is 0.214. The molecule has 0 radical (unpaired) electrons. The van der Waals surface area contributed by atoms with Crippen molar-refractivity contribution in [3.05, 3.63) is 56.3 Å². The molecule has 1 heterocycles. The third kappa shape index (κ3) is 3.19. The topological polar surface area (TPSA) is 89.5 Å². The van der Waals surface area contributed by atoms with Crippen LogP contribution in [0.25, 0.3) is 0 Å². The number of amides is 1. The molecule has 0 atom stereocenters. The van der Waals surface area contributed by atoms with Crippen LogP contribution in [-0.2, 0) is 6.54 Å². The molecule has 2 aromatic rings.